The molecule has 0 unspecified atom stereocenters. The van der Waals surface area contributed by atoms with Gasteiger partial charge in [-0.2, -0.15) is 0 Å². The number of imidazole rings is 1. The van der Waals surface area contributed by atoms with E-state index in [0.29, 0.717) is 0 Å². The molecule has 164 valence electrons. The summed E-state index contributed by atoms with van der Waals surface area (Å²) in [6.45, 7) is 6.21. The minimum Gasteiger partial charge on any atom is -0.373 e. The molecule has 0 amide bonds. The SMILES string of the molecule is C[C@@H](OCC1(c2ccccc2)CCN(C)CC1)c1cc(Br)cc2c1ncn2CC1CC1. The van der Waals surface area contributed by atoms with Gasteiger partial charge in [-0.25, -0.2) is 4.98 Å². The van der Waals surface area contributed by atoms with Gasteiger partial charge in [0, 0.05) is 22.0 Å². The predicted octanol–water partition coefficient (Wildman–Crippen LogP) is 5.95. The zero-order valence-electron chi connectivity index (χ0n) is 18.6. The van der Waals surface area contributed by atoms with Gasteiger partial charge in [-0.15, -0.1) is 0 Å². The third-order valence-corrected chi connectivity index (χ3v) is 7.71. The van der Waals surface area contributed by atoms with Crippen molar-refractivity contribution in [3.63, 3.8) is 0 Å². The van der Waals surface area contributed by atoms with Crippen LogP contribution in [0.2, 0.25) is 0 Å². The minimum atomic E-state index is -0.00971. The number of halogens is 1. The Morgan fingerprint density at radius 1 is 1.16 bits per heavy atom. The number of aromatic nitrogens is 2. The van der Waals surface area contributed by atoms with Crippen LogP contribution in [0, 0.1) is 5.92 Å². The maximum Gasteiger partial charge on any atom is 0.0958 e. The van der Waals surface area contributed by atoms with Crippen LogP contribution in [0.15, 0.2) is 53.3 Å². The van der Waals surface area contributed by atoms with Crippen LogP contribution in [0.25, 0.3) is 11.0 Å². The highest BCUT2D eigenvalue weighted by Crippen LogP contribution is 2.38. The summed E-state index contributed by atoms with van der Waals surface area (Å²) in [5.41, 5.74) is 4.95. The first-order valence-corrected chi connectivity index (χ1v) is 12.3. The Bertz CT molecular complexity index is 1040. The molecule has 0 bridgehead atoms. The van der Waals surface area contributed by atoms with E-state index in [1.165, 1.54) is 29.5 Å². The fraction of sp³-hybridized carbons (Fsp3) is 0.500. The molecule has 0 spiro atoms. The molecule has 1 aromatic heterocycles. The van der Waals surface area contributed by atoms with E-state index in [1.54, 1.807) is 0 Å². The molecule has 31 heavy (non-hydrogen) atoms. The molecule has 1 aliphatic carbocycles. The molecule has 5 rings (SSSR count). The van der Waals surface area contributed by atoms with Crippen LogP contribution in [-0.4, -0.2) is 41.2 Å². The van der Waals surface area contributed by atoms with Gasteiger partial charge in [0.2, 0.25) is 0 Å². The van der Waals surface area contributed by atoms with E-state index in [0.717, 1.165) is 55.0 Å². The number of rotatable bonds is 7. The van der Waals surface area contributed by atoms with Gasteiger partial charge in [0.1, 0.15) is 0 Å². The van der Waals surface area contributed by atoms with E-state index in [1.807, 2.05) is 6.33 Å². The first-order chi connectivity index (χ1) is 15.0. The second-order valence-electron chi connectivity index (χ2n) is 9.61. The Hall–Kier alpha value is -1.69. The average Bonchev–Trinajstić information content (AvgIpc) is 3.52. The average molecular weight is 482 g/mol. The smallest absolute Gasteiger partial charge is 0.0958 e. The van der Waals surface area contributed by atoms with Crippen molar-refractivity contribution in [1.29, 1.82) is 0 Å². The van der Waals surface area contributed by atoms with E-state index >= 15 is 0 Å². The topological polar surface area (TPSA) is 30.3 Å². The van der Waals surface area contributed by atoms with E-state index in [-0.39, 0.29) is 11.5 Å². The number of piperidine rings is 1. The van der Waals surface area contributed by atoms with Gasteiger partial charge in [0.25, 0.3) is 0 Å². The van der Waals surface area contributed by atoms with Crippen molar-refractivity contribution in [1.82, 2.24) is 14.5 Å². The van der Waals surface area contributed by atoms with E-state index in [2.05, 4.69) is 81.8 Å². The van der Waals surface area contributed by atoms with Crippen LogP contribution >= 0.6 is 15.9 Å². The third kappa shape index (κ3) is 4.46. The van der Waals surface area contributed by atoms with Gasteiger partial charge in [-0.3, -0.25) is 0 Å². The number of fused-ring (bicyclic) bond motifs is 1. The summed E-state index contributed by atoms with van der Waals surface area (Å²) >= 11 is 3.73. The molecule has 0 radical (unpaired) electrons. The highest BCUT2D eigenvalue weighted by atomic mass is 79.9. The molecule has 2 heterocycles. The molecule has 0 N–H and O–H groups in total. The lowest BCUT2D eigenvalue weighted by Gasteiger charge is -2.41. The number of hydrogen-bond acceptors (Lipinski definition) is 3. The monoisotopic (exact) mass is 481 g/mol. The number of likely N-dealkylation sites (tertiary alicyclic amines) is 1. The van der Waals surface area contributed by atoms with Crippen molar-refractivity contribution in [2.24, 2.45) is 5.92 Å². The van der Waals surface area contributed by atoms with Gasteiger partial charge >= 0.3 is 0 Å². The van der Waals surface area contributed by atoms with E-state index < -0.39 is 0 Å². The molecule has 2 aromatic carbocycles. The largest absolute Gasteiger partial charge is 0.373 e. The van der Waals surface area contributed by atoms with Gasteiger partial charge in [-0.05, 0) is 76.4 Å². The van der Waals surface area contributed by atoms with Crippen molar-refractivity contribution in [3.05, 3.63) is 64.4 Å². The Morgan fingerprint density at radius 2 is 1.90 bits per heavy atom. The molecule has 3 aromatic rings. The van der Waals surface area contributed by atoms with E-state index in [4.69, 9.17) is 9.72 Å². The molecular formula is C26H32BrN3O. The van der Waals surface area contributed by atoms with Crippen LogP contribution in [0.1, 0.15) is 49.8 Å². The number of hydrogen-bond donors (Lipinski definition) is 0. The zero-order valence-corrected chi connectivity index (χ0v) is 20.1. The van der Waals surface area contributed by atoms with Crippen molar-refractivity contribution in [2.75, 3.05) is 26.7 Å². The molecule has 1 aliphatic heterocycles. The standard InChI is InChI=1S/C26H32BrN3O/c1-19(23-14-22(27)15-24-25(23)28-18-30(24)16-20-8-9-20)31-17-26(10-12-29(2)13-11-26)21-6-4-3-5-7-21/h3-7,14-15,18-20H,8-13,16-17H2,1-2H3/t19-/m1/s1. The minimum absolute atomic E-state index is 0.00971. The van der Waals surface area contributed by atoms with Crippen LogP contribution < -0.4 is 0 Å². The van der Waals surface area contributed by atoms with Gasteiger partial charge in [-0.1, -0.05) is 46.3 Å². The maximum absolute atomic E-state index is 6.64. The Balaban J connectivity index is 1.39. The Labute approximate surface area is 193 Å². The molecule has 4 nitrogen and oxygen atoms in total. The summed E-state index contributed by atoms with van der Waals surface area (Å²) in [6, 6.07) is 15.3. The molecule has 1 atom stereocenters. The highest BCUT2D eigenvalue weighted by Gasteiger charge is 2.36. The normalized spacial score (nSPS) is 20.2. The van der Waals surface area contributed by atoms with Crippen molar-refractivity contribution in [2.45, 2.75) is 50.7 Å². The lowest BCUT2D eigenvalue weighted by atomic mass is 9.73. The summed E-state index contributed by atoms with van der Waals surface area (Å²) < 4.78 is 10.1. The number of nitrogens with zero attached hydrogens (tertiary/aromatic N) is 3. The maximum atomic E-state index is 6.64. The lowest BCUT2D eigenvalue weighted by molar-refractivity contribution is 0.00697. The van der Waals surface area contributed by atoms with Crippen molar-refractivity contribution in [3.8, 4) is 0 Å². The van der Waals surface area contributed by atoms with Gasteiger partial charge < -0.3 is 14.2 Å². The quantitative estimate of drug-likeness (QED) is 0.417. The molecule has 5 heteroatoms. The van der Waals surface area contributed by atoms with Crippen molar-refractivity contribution >= 4 is 27.0 Å². The second kappa shape index (κ2) is 8.68. The summed E-state index contributed by atoms with van der Waals surface area (Å²) in [5.74, 6) is 0.823. The van der Waals surface area contributed by atoms with Crippen LogP contribution in [-0.2, 0) is 16.7 Å². The first kappa shape index (κ1) is 21.2. The molecule has 1 saturated carbocycles. The second-order valence-corrected chi connectivity index (χ2v) is 10.5. The summed E-state index contributed by atoms with van der Waals surface area (Å²) in [4.78, 5) is 7.22. The predicted molar refractivity (Wildman–Crippen MR) is 129 cm³/mol. The molecule has 2 fully saturated rings. The molecule has 2 aliphatic rings. The van der Waals surface area contributed by atoms with Gasteiger partial charge in [0.05, 0.1) is 30.1 Å². The number of benzene rings is 2. The molecular weight excluding hydrogens is 450 g/mol. The fourth-order valence-electron chi connectivity index (χ4n) is 4.92. The first-order valence-electron chi connectivity index (χ1n) is 11.5. The summed E-state index contributed by atoms with van der Waals surface area (Å²) in [6.07, 6.45) is 6.94. The molecule has 1 saturated heterocycles. The summed E-state index contributed by atoms with van der Waals surface area (Å²) in [5, 5.41) is 0. The fourth-order valence-corrected chi connectivity index (χ4v) is 5.38. The van der Waals surface area contributed by atoms with Gasteiger partial charge in [0.15, 0.2) is 0 Å². The summed E-state index contributed by atoms with van der Waals surface area (Å²) in [7, 11) is 2.22. The van der Waals surface area contributed by atoms with Crippen molar-refractivity contribution < 1.29 is 4.74 Å². The highest BCUT2D eigenvalue weighted by molar-refractivity contribution is 9.10. The zero-order chi connectivity index (χ0) is 21.4. The third-order valence-electron chi connectivity index (χ3n) is 7.25. The van der Waals surface area contributed by atoms with Crippen LogP contribution in [0.3, 0.4) is 0 Å². The Kier molecular flexibility index (Phi) is 5.93. The number of ether oxygens (including phenoxy) is 1. The lowest BCUT2D eigenvalue weighted by Crippen LogP contribution is -2.44. The van der Waals surface area contributed by atoms with E-state index in [9.17, 15) is 0 Å². The van der Waals surface area contributed by atoms with Crippen LogP contribution in [0.4, 0.5) is 0 Å². The van der Waals surface area contributed by atoms with Crippen LogP contribution in [0.5, 0.6) is 0 Å². The Morgan fingerprint density at radius 3 is 2.61 bits per heavy atom.